The highest BCUT2D eigenvalue weighted by atomic mass is 16.5. The van der Waals surface area contributed by atoms with E-state index in [0.29, 0.717) is 40.7 Å². The predicted octanol–water partition coefficient (Wildman–Crippen LogP) is 0.345. The summed E-state index contributed by atoms with van der Waals surface area (Å²) in [6, 6.07) is 6.13. The molecule has 1 N–H and O–H groups in total. The minimum Gasteiger partial charge on any atom is -0.871 e. The number of Topliss-reactive ketones (excluding diaryl/α,β-unsaturated/α-hetero) is 1. The molecule has 1 amide bonds. The summed E-state index contributed by atoms with van der Waals surface area (Å²) in [6.45, 7) is 4.48. The summed E-state index contributed by atoms with van der Waals surface area (Å²) in [5, 5.41) is 14.1. The molecule has 1 aliphatic rings. The second-order valence-electron chi connectivity index (χ2n) is 9.32. The Morgan fingerprint density at radius 3 is 2.30 bits per heavy atom. The molecule has 10 nitrogen and oxygen atoms in total. The number of hydrogen-bond donors (Lipinski definition) is 1. The number of likely N-dealkylation sites (tertiary alicyclic amines) is 1. The van der Waals surface area contributed by atoms with Crippen molar-refractivity contribution < 1.29 is 33.8 Å². The first-order valence-electron chi connectivity index (χ1n) is 11.9. The number of methoxy groups -OCH3 is 3. The number of rotatable bonds is 8. The van der Waals surface area contributed by atoms with Crippen LogP contribution in [0.3, 0.4) is 0 Å². The van der Waals surface area contributed by atoms with Crippen molar-refractivity contribution in [2.24, 2.45) is 0 Å². The maximum absolute atomic E-state index is 14.1. The number of hydrogen-bond acceptors (Lipinski definition) is 7. The van der Waals surface area contributed by atoms with E-state index in [1.165, 1.54) is 26.2 Å². The van der Waals surface area contributed by atoms with Crippen LogP contribution in [0, 0.1) is 13.8 Å². The molecule has 0 aliphatic carbocycles. The van der Waals surface area contributed by atoms with E-state index in [-0.39, 0.29) is 17.8 Å². The van der Waals surface area contributed by atoms with Crippen molar-refractivity contribution >= 4 is 23.1 Å². The molecule has 0 radical (unpaired) electrons. The van der Waals surface area contributed by atoms with Gasteiger partial charge in [-0.3, -0.25) is 9.59 Å². The van der Waals surface area contributed by atoms with Crippen molar-refractivity contribution in [3.8, 4) is 17.2 Å². The highest BCUT2D eigenvalue weighted by molar-refractivity contribution is 6.46. The van der Waals surface area contributed by atoms with Crippen LogP contribution in [-0.2, 0) is 9.59 Å². The van der Waals surface area contributed by atoms with Crippen LogP contribution in [0.5, 0.6) is 17.2 Å². The number of pyridine rings is 1. The van der Waals surface area contributed by atoms with Crippen LogP contribution in [0.1, 0.15) is 28.6 Å². The van der Waals surface area contributed by atoms with Crippen molar-refractivity contribution in [2.75, 3.05) is 48.5 Å². The van der Waals surface area contributed by atoms with Crippen LogP contribution < -0.4 is 24.2 Å². The van der Waals surface area contributed by atoms with Crippen LogP contribution in [0.2, 0.25) is 0 Å². The zero-order chi connectivity index (χ0) is 27.0. The average Bonchev–Trinajstić information content (AvgIpc) is 3.35. The van der Waals surface area contributed by atoms with E-state index in [1.807, 2.05) is 33.2 Å². The van der Waals surface area contributed by atoms with Gasteiger partial charge in [-0.15, -0.1) is 0 Å². The van der Waals surface area contributed by atoms with Gasteiger partial charge in [0.05, 0.1) is 65.9 Å². The Hall–Kier alpha value is -4.05. The predicted molar refractivity (Wildman–Crippen MR) is 135 cm³/mol. The summed E-state index contributed by atoms with van der Waals surface area (Å²) in [5.74, 6) is -0.988. The number of aromatic nitrogens is 2. The first kappa shape index (κ1) is 26.0. The summed E-state index contributed by atoms with van der Waals surface area (Å²) in [5.41, 5.74) is 2.63. The van der Waals surface area contributed by atoms with Gasteiger partial charge in [0.2, 0.25) is 11.5 Å². The zero-order valence-corrected chi connectivity index (χ0v) is 22.2. The molecule has 3 aromatic rings. The van der Waals surface area contributed by atoms with E-state index in [2.05, 4.69) is 4.98 Å². The molecule has 1 aliphatic heterocycles. The van der Waals surface area contributed by atoms with Gasteiger partial charge in [-0.2, -0.15) is 0 Å². The van der Waals surface area contributed by atoms with Gasteiger partial charge in [-0.05, 0) is 43.2 Å². The molecule has 1 fully saturated rings. The number of carbonyl (C=O) groups excluding carboxylic acids is 2. The van der Waals surface area contributed by atoms with Gasteiger partial charge in [0.15, 0.2) is 11.5 Å². The minimum absolute atomic E-state index is 0.126. The molecule has 196 valence electrons. The van der Waals surface area contributed by atoms with Gasteiger partial charge >= 0.3 is 0 Å². The van der Waals surface area contributed by atoms with E-state index < -0.39 is 23.5 Å². The number of fused-ring (bicyclic) bond motifs is 1. The lowest BCUT2D eigenvalue weighted by atomic mass is 9.95. The van der Waals surface area contributed by atoms with E-state index >= 15 is 0 Å². The molecule has 10 heteroatoms. The van der Waals surface area contributed by atoms with Gasteiger partial charge in [0.25, 0.3) is 5.91 Å². The molecule has 0 saturated carbocycles. The zero-order valence-electron chi connectivity index (χ0n) is 22.2. The maximum atomic E-state index is 14.1. The van der Waals surface area contributed by atoms with Gasteiger partial charge in [0.1, 0.15) is 5.65 Å². The first-order chi connectivity index (χ1) is 17.6. The topological polar surface area (TPSA) is 110 Å². The Bertz CT molecular complexity index is 1380. The van der Waals surface area contributed by atoms with Crippen LogP contribution in [0.4, 0.5) is 0 Å². The number of imidazole rings is 1. The number of benzene rings is 1. The average molecular weight is 509 g/mol. The third-order valence-corrected chi connectivity index (χ3v) is 6.62. The fourth-order valence-electron chi connectivity index (χ4n) is 4.77. The van der Waals surface area contributed by atoms with Gasteiger partial charge in [-0.1, -0.05) is 11.8 Å². The van der Waals surface area contributed by atoms with Crippen LogP contribution >= 0.6 is 0 Å². The lowest BCUT2D eigenvalue weighted by Gasteiger charge is -2.28. The van der Waals surface area contributed by atoms with Crippen LogP contribution in [-0.4, -0.2) is 74.5 Å². The van der Waals surface area contributed by atoms with Gasteiger partial charge < -0.3 is 33.5 Å². The summed E-state index contributed by atoms with van der Waals surface area (Å²) < 4.78 is 18.2. The highest BCUT2D eigenvalue weighted by Crippen LogP contribution is 2.45. The summed E-state index contributed by atoms with van der Waals surface area (Å²) in [4.78, 5) is 33.9. The standard InChI is InChI=1S/C27H32N4O6/c1-15-9-8-10-30-21(16(2)28-26(15)30)23(32)20-22(31(12-11-29(3)4)27(34)24(20)33)17-13-18(35-5)25(37-7)19(14-17)36-6/h8-10,13-14,22,32H,11-12H2,1-7H3. The number of quaternary nitrogens is 1. The SMILES string of the molecule is COc1cc(C2C(=C([O-])c3c(C)nc4c(C)cccn34)C(=O)C(=O)N2CC[NH+](C)C)cc(OC)c1OC. The highest BCUT2D eigenvalue weighted by Gasteiger charge is 2.45. The molecule has 0 spiro atoms. The van der Waals surface area contributed by atoms with E-state index in [0.717, 1.165) is 10.5 Å². The fourth-order valence-corrected chi connectivity index (χ4v) is 4.77. The molecule has 37 heavy (non-hydrogen) atoms. The third kappa shape index (κ3) is 4.37. The normalized spacial score (nSPS) is 17.2. The van der Waals surface area contributed by atoms with Crippen LogP contribution in [0.25, 0.3) is 11.4 Å². The molecular weight excluding hydrogens is 476 g/mol. The Morgan fingerprint density at radius 1 is 1.08 bits per heavy atom. The summed E-state index contributed by atoms with van der Waals surface area (Å²) in [6.07, 6.45) is 1.74. The second-order valence-corrected chi connectivity index (χ2v) is 9.32. The lowest BCUT2D eigenvalue weighted by Crippen LogP contribution is -3.06. The summed E-state index contributed by atoms with van der Waals surface area (Å²) >= 11 is 0. The lowest BCUT2D eigenvalue weighted by molar-refractivity contribution is -0.857. The maximum Gasteiger partial charge on any atom is 0.295 e. The van der Waals surface area contributed by atoms with Crippen molar-refractivity contribution in [1.29, 1.82) is 0 Å². The number of nitrogens with zero attached hydrogens (tertiary/aromatic N) is 3. The second kappa shape index (κ2) is 10.1. The van der Waals surface area contributed by atoms with Gasteiger partial charge in [-0.25, -0.2) is 4.98 Å². The number of aryl methyl sites for hydroxylation is 2. The molecule has 3 heterocycles. The van der Waals surface area contributed by atoms with Crippen molar-refractivity contribution in [3.05, 3.63) is 58.6 Å². The smallest absolute Gasteiger partial charge is 0.295 e. The molecule has 1 unspecified atom stereocenters. The molecule has 0 bridgehead atoms. The van der Waals surface area contributed by atoms with Crippen molar-refractivity contribution in [2.45, 2.75) is 19.9 Å². The molecular formula is C27H32N4O6. The number of ether oxygens (including phenoxy) is 3. The minimum atomic E-state index is -0.935. The first-order valence-corrected chi connectivity index (χ1v) is 11.9. The number of nitrogens with one attached hydrogen (secondary N) is 1. The number of carbonyl (C=O) groups is 2. The number of ketones is 1. The van der Waals surface area contributed by atoms with E-state index in [9.17, 15) is 14.7 Å². The van der Waals surface area contributed by atoms with E-state index in [1.54, 1.807) is 29.7 Å². The Labute approximate surface area is 215 Å². The largest absolute Gasteiger partial charge is 0.871 e. The van der Waals surface area contributed by atoms with Crippen molar-refractivity contribution in [3.63, 3.8) is 0 Å². The molecule has 1 atom stereocenters. The molecule has 4 rings (SSSR count). The van der Waals surface area contributed by atoms with Crippen molar-refractivity contribution in [1.82, 2.24) is 14.3 Å². The van der Waals surface area contributed by atoms with Crippen LogP contribution in [0.15, 0.2) is 36.0 Å². The number of amides is 1. The molecule has 1 saturated heterocycles. The summed E-state index contributed by atoms with van der Waals surface area (Å²) in [7, 11) is 8.37. The Balaban J connectivity index is 2.00. The Kier molecular flexibility index (Phi) is 7.13. The van der Waals surface area contributed by atoms with Gasteiger partial charge in [0, 0.05) is 11.8 Å². The monoisotopic (exact) mass is 508 g/mol. The molecule has 2 aromatic heterocycles. The fraction of sp³-hybridized carbons (Fsp3) is 0.370. The Morgan fingerprint density at radius 2 is 1.73 bits per heavy atom. The quantitative estimate of drug-likeness (QED) is 0.266. The number of likely N-dealkylation sites (N-methyl/N-ethyl adjacent to an activating group) is 1. The van der Waals surface area contributed by atoms with E-state index in [4.69, 9.17) is 14.2 Å². The molecule has 1 aromatic carbocycles. The third-order valence-electron chi connectivity index (χ3n) is 6.62.